The van der Waals surface area contributed by atoms with Gasteiger partial charge in [-0.2, -0.15) is 0 Å². The van der Waals surface area contributed by atoms with Crippen LogP contribution in [-0.4, -0.2) is 51.3 Å². The second-order valence-corrected chi connectivity index (χ2v) is 10.5. The molecule has 0 unspecified atom stereocenters. The average Bonchev–Trinajstić information content (AvgIpc) is 3.33. The van der Waals surface area contributed by atoms with E-state index in [0.717, 1.165) is 35.5 Å². The summed E-state index contributed by atoms with van der Waals surface area (Å²) in [6, 6.07) is 9.87. The van der Waals surface area contributed by atoms with Gasteiger partial charge >= 0.3 is 0 Å². The molecule has 0 spiro atoms. The van der Waals surface area contributed by atoms with Gasteiger partial charge in [-0.25, -0.2) is 4.98 Å². The fraction of sp³-hybridized carbons (Fsp3) is 0.407. The molecule has 3 aromatic rings. The van der Waals surface area contributed by atoms with E-state index in [9.17, 15) is 14.4 Å². The molecule has 1 aromatic carbocycles. The van der Waals surface area contributed by atoms with Gasteiger partial charge in [-0.1, -0.05) is 44.2 Å². The molecule has 0 N–H and O–H groups in total. The van der Waals surface area contributed by atoms with E-state index < -0.39 is 11.3 Å². The Balaban J connectivity index is 1.59. The highest BCUT2D eigenvalue weighted by atomic mass is 32.1. The quantitative estimate of drug-likeness (QED) is 0.486. The van der Waals surface area contributed by atoms with E-state index in [2.05, 4.69) is 18.8 Å². The number of nitrogens with zero attached hydrogens (tertiary/aromatic N) is 4. The number of hydrogen-bond acceptors (Lipinski definition) is 5. The lowest BCUT2D eigenvalue weighted by Crippen LogP contribution is -2.40. The third-order valence-electron chi connectivity index (χ3n) is 6.10. The standard InChI is InChI=1S/C27H32N4O3S/c1-19(2)14-30-15-21(25(32)22(16-30)27(34)31-12-8-5-9-13-31)26(33)29(3)17-24-28-23(18-35-24)20-10-6-4-7-11-20/h4,6-7,10-11,15-16,18-19H,5,8-9,12-14,17H2,1-3H3. The number of carbonyl (C=O) groups is 2. The minimum absolute atomic E-state index is 0.0239. The minimum atomic E-state index is -0.499. The van der Waals surface area contributed by atoms with Crippen molar-refractivity contribution in [2.75, 3.05) is 20.1 Å². The van der Waals surface area contributed by atoms with Crippen molar-refractivity contribution >= 4 is 23.2 Å². The molecule has 0 bridgehead atoms. The van der Waals surface area contributed by atoms with Crippen molar-refractivity contribution in [1.82, 2.24) is 19.4 Å². The lowest BCUT2D eigenvalue weighted by Gasteiger charge is -2.27. The summed E-state index contributed by atoms with van der Waals surface area (Å²) in [6.45, 7) is 6.31. The molecule has 1 aliphatic heterocycles. The van der Waals surface area contributed by atoms with Gasteiger partial charge in [0.2, 0.25) is 5.43 Å². The Morgan fingerprint density at radius 3 is 2.43 bits per heavy atom. The molecule has 184 valence electrons. The number of hydrogen-bond donors (Lipinski definition) is 0. The lowest BCUT2D eigenvalue weighted by atomic mass is 10.1. The number of rotatable bonds is 7. The Morgan fingerprint density at radius 2 is 1.74 bits per heavy atom. The second kappa shape index (κ2) is 11.0. The summed E-state index contributed by atoms with van der Waals surface area (Å²) >= 11 is 1.48. The summed E-state index contributed by atoms with van der Waals surface area (Å²) in [4.78, 5) is 47.9. The smallest absolute Gasteiger partial charge is 0.259 e. The molecule has 0 saturated carbocycles. The van der Waals surface area contributed by atoms with Gasteiger partial charge in [0.1, 0.15) is 16.1 Å². The summed E-state index contributed by atoms with van der Waals surface area (Å²) < 4.78 is 1.81. The number of piperidine rings is 1. The molecular formula is C27H32N4O3S. The van der Waals surface area contributed by atoms with Crippen LogP contribution in [0.5, 0.6) is 0 Å². The Hall–Kier alpha value is -3.26. The highest BCUT2D eigenvalue weighted by molar-refractivity contribution is 7.09. The van der Waals surface area contributed by atoms with Crippen LogP contribution in [0.15, 0.2) is 52.9 Å². The molecule has 0 aliphatic carbocycles. The van der Waals surface area contributed by atoms with Gasteiger partial charge < -0.3 is 14.4 Å². The number of pyridine rings is 1. The third-order valence-corrected chi connectivity index (χ3v) is 6.93. The van der Waals surface area contributed by atoms with E-state index in [1.165, 1.54) is 16.2 Å². The number of thiazole rings is 1. The third kappa shape index (κ3) is 5.88. The van der Waals surface area contributed by atoms with E-state index in [1.54, 1.807) is 28.9 Å². The molecule has 1 fully saturated rings. The summed E-state index contributed by atoms with van der Waals surface area (Å²) in [7, 11) is 1.66. The van der Waals surface area contributed by atoms with E-state index in [1.807, 2.05) is 35.7 Å². The molecule has 0 atom stereocenters. The number of benzene rings is 1. The second-order valence-electron chi connectivity index (χ2n) is 9.51. The van der Waals surface area contributed by atoms with E-state index >= 15 is 0 Å². The fourth-order valence-corrected chi connectivity index (χ4v) is 5.19. The average molecular weight is 493 g/mol. The summed E-state index contributed by atoms with van der Waals surface area (Å²) in [5, 5.41) is 2.75. The number of aromatic nitrogens is 2. The molecule has 1 aliphatic rings. The van der Waals surface area contributed by atoms with Crippen LogP contribution in [0.4, 0.5) is 0 Å². The van der Waals surface area contributed by atoms with E-state index in [4.69, 9.17) is 0 Å². The van der Waals surface area contributed by atoms with Gasteiger partial charge in [-0.05, 0) is 25.2 Å². The van der Waals surface area contributed by atoms with Crippen molar-refractivity contribution in [3.8, 4) is 11.3 Å². The topological polar surface area (TPSA) is 75.5 Å². The number of likely N-dealkylation sites (tertiary alicyclic amines) is 1. The van der Waals surface area contributed by atoms with Gasteiger partial charge in [-0.3, -0.25) is 14.4 Å². The normalized spacial score (nSPS) is 13.8. The monoisotopic (exact) mass is 492 g/mol. The summed E-state index contributed by atoms with van der Waals surface area (Å²) in [5.41, 5.74) is 1.48. The summed E-state index contributed by atoms with van der Waals surface area (Å²) in [6.07, 6.45) is 6.17. The largest absolute Gasteiger partial charge is 0.352 e. The van der Waals surface area contributed by atoms with Crippen LogP contribution < -0.4 is 5.43 Å². The van der Waals surface area contributed by atoms with Gasteiger partial charge in [-0.15, -0.1) is 11.3 Å². The first kappa shape index (κ1) is 24.9. The molecular weight excluding hydrogens is 460 g/mol. The zero-order valence-electron chi connectivity index (χ0n) is 20.6. The molecule has 1 saturated heterocycles. The Bertz CT molecular complexity index is 1240. The van der Waals surface area contributed by atoms with Crippen molar-refractivity contribution < 1.29 is 9.59 Å². The maximum atomic E-state index is 13.4. The van der Waals surface area contributed by atoms with Crippen LogP contribution in [0.3, 0.4) is 0 Å². The lowest BCUT2D eigenvalue weighted by molar-refractivity contribution is 0.0721. The number of amides is 2. The van der Waals surface area contributed by atoms with Crippen molar-refractivity contribution in [1.29, 1.82) is 0 Å². The predicted octanol–water partition coefficient (Wildman–Crippen LogP) is 4.53. The molecule has 3 heterocycles. The van der Waals surface area contributed by atoms with Crippen LogP contribution in [0.2, 0.25) is 0 Å². The van der Waals surface area contributed by atoms with Crippen molar-refractivity contribution in [3.63, 3.8) is 0 Å². The number of carbonyl (C=O) groups excluding carboxylic acids is 2. The first-order valence-electron chi connectivity index (χ1n) is 12.1. The Labute approximate surface area is 210 Å². The maximum Gasteiger partial charge on any atom is 0.259 e. The van der Waals surface area contributed by atoms with Crippen LogP contribution >= 0.6 is 11.3 Å². The van der Waals surface area contributed by atoms with Crippen LogP contribution in [0.25, 0.3) is 11.3 Å². The Kier molecular flexibility index (Phi) is 7.80. The van der Waals surface area contributed by atoms with Crippen molar-refractivity contribution in [2.24, 2.45) is 5.92 Å². The highest BCUT2D eigenvalue weighted by Crippen LogP contribution is 2.22. The first-order chi connectivity index (χ1) is 16.8. The summed E-state index contributed by atoms with van der Waals surface area (Å²) in [5.74, 6) is -0.392. The van der Waals surface area contributed by atoms with Gasteiger partial charge in [0.25, 0.3) is 11.8 Å². The zero-order valence-corrected chi connectivity index (χ0v) is 21.4. The minimum Gasteiger partial charge on any atom is -0.352 e. The first-order valence-corrected chi connectivity index (χ1v) is 13.0. The molecule has 0 radical (unpaired) electrons. The Morgan fingerprint density at radius 1 is 1.06 bits per heavy atom. The predicted molar refractivity (Wildman–Crippen MR) is 139 cm³/mol. The molecule has 2 amide bonds. The molecule has 2 aromatic heterocycles. The highest BCUT2D eigenvalue weighted by Gasteiger charge is 2.26. The SMILES string of the molecule is CC(C)Cn1cc(C(=O)N(C)Cc2nc(-c3ccccc3)cs2)c(=O)c(C(=O)N2CCCCC2)c1. The van der Waals surface area contributed by atoms with Gasteiger partial charge in [0, 0.05) is 50.0 Å². The van der Waals surface area contributed by atoms with Crippen LogP contribution in [0, 0.1) is 5.92 Å². The molecule has 4 rings (SSSR count). The van der Waals surface area contributed by atoms with E-state index in [-0.39, 0.29) is 23.6 Å². The maximum absolute atomic E-state index is 13.4. The molecule has 8 heteroatoms. The van der Waals surface area contributed by atoms with Crippen LogP contribution in [0.1, 0.15) is 58.8 Å². The molecule has 35 heavy (non-hydrogen) atoms. The zero-order chi connectivity index (χ0) is 24.9. The van der Waals surface area contributed by atoms with Crippen LogP contribution in [-0.2, 0) is 13.1 Å². The van der Waals surface area contributed by atoms with E-state index in [0.29, 0.717) is 25.6 Å². The van der Waals surface area contributed by atoms with Crippen molar-refractivity contribution in [3.05, 3.63) is 74.5 Å². The van der Waals surface area contributed by atoms with Gasteiger partial charge in [0.15, 0.2) is 0 Å². The van der Waals surface area contributed by atoms with Gasteiger partial charge in [0.05, 0.1) is 12.2 Å². The molecule has 7 nitrogen and oxygen atoms in total. The van der Waals surface area contributed by atoms with Crippen molar-refractivity contribution in [2.45, 2.75) is 46.2 Å². The fourth-order valence-electron chi connectivity index (χ4n) is 4.34.